The molecule has 0 spiro atoms. The number of anilines is 1. The van der Waals surface area contributed by atoms with E-state index in [0.29, 0.717) is 26.7 Å². The van der Waals surface area contributed by atoms with Gasteiger partial charge in [-0.3, -0.25) is 9.59 Å². The number of pyridine rings is 1. The standard InChI is InChI=1S/C26H23Cl2N3O3/c1-26(2,3)24(33)23-22(30-20(32)13-29)18-12-17(14-8-10-15(27)11-9-14)21(31-25(18)34-23)16-6-4-5-7-19(16)28/h4-12H,13,29H2,1-3H3,(H,30,32). The lowest BCUT2D eigenvalue weighted by Gasteiger charge is -2.15. The Hall–Kier alpha value is -3.19. The van der Waals surface area contributed by atoms with Crippen molar-refractivity contribution in [3.8, 4) is 22.4 Å². The molecule has 8 heteroatoms. The van der Waals surface area contributed by atoms with Gasteiger partial charge in [-0.1, -0.05) is 74.3 Å². The molecule has 0 unspecified atom stereocenters. The Morgan fingerprint density at radius 1 is 1.03 bits per heavy atom. The third-order valence-electron chi connectivity index (χ3n) is 5.30. The number of rotatable bonds is 5. The van der Waals surface area contributed by atoms with Crippen molar-refractivity contribution in [2.24, 2.45) is 11.1 Å². The molecule has 0 saturated carbocycles. The van der Waals surface area contributed by atoms with Crippen molar-refractivity contribution < 1.29 is 14.0 Å². The fraction of sp³-hybridized carbons (Fsp3) is 0.192. The molecule has 2 aromatic carbocycles. The third kappa shape index (κ3) is 4.57. The van der Waals surface area contributed by atoms with Gasteiger partial charge in [0.15, 0.2) is 5.76 Å². The van der Waals surface area contributed by atoms with Crippen LogP contribution in [-0.2, 0) is 4.79 Å². The number of carbonyl (C=O) groups is 2. The Bertz CT molecular complexity index is 1400. The quantitative estimate of drug-likeness (QED) is 0.304. The molecule has 0 bridgehead atoms. The number of hydrogen-bond donors (Lipinski definition) is 2. The molecule has 2 heterocycles. The van der Waals surface area contributed by atoms with E-state index >= 15 is 0 Å². The van der Waals surface area contributed by atoms with Crippen LogP contribution in [0.5, 0.6) is 0 Å². The number of aromatic nitrogens is 1. The predicted octanol–water partition coefficient (Wildman–Crippen LogP) is 6.59. The lowest BCUT2D eigenvalue weighted by atomic mass is 9.88. The number of amides is 1. The van der Waals surface area contributed by atoms with Crippen LogP contribution >= 0.6 is 23.2 Å². The lowest BCUT2D eigenvalue weighted by molar-refractivity contribution is -0.114. The summed E-state index contributed by atoms with van der Waals surface area (Å²) >= 11 is 12.6. The van der Waals surface area contributed by atoms with Crippen LogP contribution in [0.25, 0.3) is 33.5 Å². The second kappa shape index (κ2) is 9.22. The highest BCUT2D eigenvalue weighted by atomic mass is 35.5. The summed E-state index contributed by atoms with van der Waals surface area (Å²) in [5.74, 6) is -0.700. The molecule has 0 aliphatic heterocycles. The first-order valence-corrected chi connectivity index (χ1v) is 11.4. The number of Topliss-reactive ketones (excluding diaryl/α,β-unsaturated/α-hetero) is 1. The molecule has 6 nitrogen and oxygen atoms in total. The van der Waals surface area contributed by atoms with Crippen molar-refractivity contribution in [2.45, 2.75) is 20.8 Å². The fourth-order valence-electron chi connectivity index (χ4n) is 3.55. The zero-order chi connectivity index (χ0) is 24.6. The maximum absolute atomic E-state index is 13.2. The number of halogens is 2. The van der Waals surface area contributed by atoms with E-state index in [2.05, 4.69) is 5.32 Å². The summed E-state index contributed by atoms with van der Waals surface area (Å²) in [5.41, 5.74) is 8.06. The summed E-state index contributed by atoms with van der Waals surface area (Å²) in [7, 11) is 0. The maximum Gasteiger partial charge on any atom is 0.238 e. The van der Waals surface area contributed by atoms with Crippen LogP contribution in [-0.4, -0.2) is 23.2 Å². The van der Waals surface area contributed by atoms with E-state index in [0.717, 1.165) is 11.1 Å². The van der Waals surface area contributed by atoms with Gasteiger partial charge in [-0.25, -0.2) is 4.98 Å². The zero-order valence-corrected chi connectivity index (χ0v) is 20.4. The number of ketones is 1. The number of nitrogens with zero attached hydrogens (tertiary/aromatic N) is 1. The van der Waals surface area contributed by atoms with E-state index in [-0.39, 0.29) is 29.5 Å². The summed E-state index contributed by atoms with van der Waals surface area (Å²) in [4.78, 5) is 30.2. The highest BCUT2D eigenvalue weighted by Gasteiger charge is 2.32. The molecule has 0 aliphatic rings. The second-order valence-corrected chi connectivity index (χ2v) is 9.71. The summed E-state index contributed by atoms with van der Waals surface area (Å²) in [6, 6.07) is 16.4. The summed E-state index contributed by atoms with van der Waals surface area (Å²) in [6.45, 7) is 5.08. The summed E-state index contributed by atoms with van der Waals surface area (Å²) < 4.78 is 5.96. The van der Waals surface area contributed by atoms with Crippen LogP contribution in [0.3, 0.4) is 0 Å². The number of hydrogen-bond acceptors (Lipinski definition) is 5. The molecule has 0 atom stereocenters. The highest BCUT2D eigenvalue weighted by Crippen LogP contribution is 2.41. The third-order valence-corrected chi connectivity index (χ3v) is 5.89. The lowest BCUT2D eigenvalue weighted by Crippen LogP contribution is -2.25. The molecule has 3 N–H and O–H groups in total. The number of carbonyl (C=O) groups excluding carboxylic acids is 2. The normalized spacial score (nSPS) is 11.6. The van der Waals surface area contributed by atoms with Crippen molar-refractivity contribution in [3.63, 3.8) is 0 Å². The van der Waals surface area contributed by atoms with E-state index in [4.69, 9.17) is 38.3 Å². The average Bonchev–Trinajstić information content (AvgIpc) is 3.15. The first-order valence-electron chi connectivity index (χ1n) is 10.6. The van der Waals surface area contributed by atoms with Crippen LogP contribution in [0.4, 0.5) is 5.69 Å². The molecule has 34 heavy (non-hydrogen) atoms. The smallest absolute Gasteiger partial charge is 0.238 e. The average molecular weight is 496 g/mol. The molecular weight excluding hydrogens is 473 g/mol. The van der Waals surface area contributed by atoms with Crippen molar-refractivity contribution in [1.82, 2.24) is 4.98 Å². The molecule has 2 aromatic heterocycles. The minimum absolute atomic E-state index is 0.0233. The van der Waals surface area contributed by atoms with Gasteiger partial charge in [0.25, 0.3) is 0 Å². The van der Waals surface area contributed by atoms with Gasteiger partial charge >= 0.3 is 0 Å². The van der Waals surface area contributed by atoms with E-state index in [9.17, 15) is 9.59 Å². The van der Waals surface area contributed by atoms with Crippen LogP contribution in [0.15, 0.2) is 59.0 Å². The molecule has 0 fully saturated rings. The Morgan fingerprint density at radius 2 is 1.71 bits per heavy atom. The Morgan fingerprint density at radius 3 is 2.32 bits per heavy atom. The zero-order valence-electron chi connectivity index (χ0n) is 18.9. The van der Waals surface area contributed by atoms with Crippen LogP contribution in [0.1, 0.15) is 31.3 Å². The van der Waals surface area contributed by atoms with E-state index in [1.54, 1.807) is 39.0 Å². The first-order chi connectivity index (χ1) is 16.1. The molecule has 174 valence electrons. The Balaban J connectivity index is 2.07. The van der Waals surface area contributed by atoms with Gasteiger partial charge in [-0.2, -0.15) is 0 Å². The molecule has 1 amide bonds. The highest BCUT2D eigenvalue weighted by molar-refractivity contribution is 6.33. The predicted molar refractivity (Wildman–Crippen MR) is 136 cm³/mol. The minimum Gasteiger partial charge on any atom is -0.432 e. The fourth-order valence-corrected chi connectivity index (χ4v) is 3.90. The number of nitrogens with one attached hydrogen (secondary N) is 1. The van der Waals surface area contributed by atoms with E-state index in [1.165, 1.54) is 0 Å². The Kier molecular flexibility index (Phi) is 6.49. The van der Waals surface area contributed by atoms with Crippen molar-refractivity contribution in [1.29, 1.82) is 0 Å². The number of nitrogens with two attached hydrogens (primary N) is 1. The molecular formula is C26H23Cl2N3O3. The van der Waals surface area contributed by atoms with Crippen LogP contribution in [0.2, 0.25) is 10.0 Å². The van der Waals surface area contributed by atoms with Gasteiger partial charge in [-0.05, 0) is 29.8 Å². The van der Waals surface area contributed by atoms with Gasteiger partial charge in [-0.15, -0.1) is 0 Å². The monoisotopic (exact) mass is 495 g/mol. The second-order valence-electron chi connectivity index (χ2n) is 8.86. The van der Waals surface area contributed by atoms with E-state index < -0.39 is 11.3 Å². The van der Waals surface area contributed by atoms with E-state index in [1.807, 2.05) is 36.4 Å². The number of fused-ring (bicyclic) bond motifs is 1. The number of furan rings is 1. The van der Waals surface area contributed by atoms with Crippen LogP contribution in [0, 0.1) is 5.41 Å². The molecule has 0 aliphatic carbocycles. The maximum atomic E-state index is 13.2. The topological polar surface area (TPSA) is 98.2 Å². The van der Waals surface area contributed by atoms with Gasteiger partial charge in [0.1, 0.15) is 5.69 Å². The summed E-state index contributed by atoms with van der Waals surface area (Å²) in [6.07, 6.45) is 0. The largest absolute Gasteiger partial charge is 0.432 e. The minimum atomic E-state index is -0.749. The first kappa shape index (κ1) is 24.0. The summed E-state index contributed by atoms with van der Waals surface area (Å²) in [5, 5.41) is 4.32. The number of benzene rings is 2. The van der Waals surface area contributed by atoms with Crippen molar-refractivity contribution in [2.75, 3.05) is 11.9 Å². The van der Waals surface area contributed by atoms with Gasteiger partial charge in [0.2, 0.25) is 17.4 Å². The molecule has 4 rings (SSSR count). The van der Waals surface area contributed by atoms with Gasteiger partial charge in [0, 0.05) is 26.6 Å². The van der Waals surface area contributed by atoms with Gasteiger partial charge < -0.3 is 15.5 Å². The molecule has 4 aromatic rings. The van der Waals surface area contributed by atoms with Crippen molar-refractivity contribution in [3.05, 3.63) is 70.4 Å². The molecule has 0 saturated heterocycles. The Labute approximate surface area is 207 Å². The SMILES string of the molecule is CC(C)(C)C(=O)c1oc2nc(-c3ccccc3Cl)c(-c3ccc(Cl)cc3)cc2c1NC(=O)CN. The van der Waals surface area contributed by atoms with Crippen LogP contribution < -0.4 is 11.1 Å². The van der Waals surface area contributed by atoms with Gasteiger partial charge in [0.05, 0.1) is 17.6 Å². The molecule has 0 radical (unpaired) electrons. The van der Waals surface area contributed by atoms with Crippen molar-refractivity contribution >= 4 is 51.7 Å².